The van der Waals surface area contributed by atoms with Gasteiger partial charge >= 0.3 is 0 Å². The van der Waals surface area contributed by atoms with Gasteiger partial charge in [0.2, 0.25) is 0 Å². The molecule has 0 saturated carbocycles. The molecule has 5 heteroatoms. The second kappa shape index (κ2) is 6.04. The molecule has 0 aromatic heterocycles. The summed E-state index contributed by atoms with van der Waals surface area (Å²) in [6.45, 7) is 6.28. The molecule has 0 unspecified atom stereocenters. The van der Waals surface area contributed by atoms with Crippen LogP contribution in [0.15, 0.2) is 11.2 Å². The first-order valence-corrected chi connectivity index (χ1v) is 8.82. The van der Waals surface area contributed by atoms with Crippen LogP contribution in [0.4, 0.5) is 5.69 Å². The summed E-state index contributed by atoms with van der Waals surface area (Å²) in [6, 6.07) is 2.16. The molecule has 23 heavy (non-hydrogen) atoms. The van der Waals surface area contributed by atoms with Gasteiger partial charge in [-0.2, -0.15) is 5.10 Å². The summed E-state index contributed by atoms with van der Waals surface area (Å²) in [5.41, 5.74) is 4.75. The summed E-state index contributed by atoms with van der Waals surface area (Å²) >= 11 is 0. The average molecular weight is 314 g/mol. The van der Waals surface area contributed by atoms with Gasteiger partial charge < -0.3 is 14.9 Å². The van der Waals surface area contributed by atoms with Crippen LogP contribution in [0, 0.1) is 0 Å². The number of rotatable bonds is 2. The number of benzene rings is 1. The van der Waals surface area contributed by atoms with E-state index in [1.165, 1.54) is 17.7 Å². The minimum Gasteiger partial charge on any atom is -0.507 e. The number of aromatic hydroxyl groups is 1. The van der Waals surface area contributed by atoms with Crippen LogP contribution in [0.2, 0.25) is 0 Å². The maximum atomic E-state index is 10.7. The number of phenols is 1. The highest BCUT2D eigenvalue weighted by molar-refractivity contribution is 5.87. The summed E-state index contributed by atoms with van der Waals surface area (Å²) in [4.78, 5) is 4.78. The number of hydrogen-bond acceptors (Lipinski definition) is 5. The van der Waals surface area contributed by atoms with Gasteiger partial charge in [-0.25, -0.2) is 0 Å². The third-order valence-corrected chi connectivity index (χ3v) is 5.36. The Morgan fingerprint density at radius 2 is 1.78 bits per heavy atom. The molecular formula is C18H26N4O. The average Bonchev–Trinajstić information content (AvgIpc) is 2.58. The molecule has 5 nitrogen and oxygen atoms in total. The minimum absolute atomic E-state index is 0.452. The molecule has 0 radical (unpaired) electrons. The van der Waals surface area contributed by atoms with Crippen LogP contribution >= 0.6 is 0 Å². The first-order valence-electron chi connectivity index (χ1n) is 8.82. The predicted molar refractivity (Wildman–Crippen MR) is 93.6 cm³/mol. The number of nitrogens with zero attached hydrogens (tertiary/aromatic N) is 4. The van der Waals surface area contributed by atoms with Crippen molar-refractivity contribution in [3.63, 3.8) is 0 Å². The van der Waals surface area contributed by atoms with E-state index >= 15 is 0 Å². The van der Waals surface area contributed by atoms with E-state index in [0.717, 1.165) is 69.7 Å². The molecule has 3 aliphatic heterocycles. The summed E-state index contributed by atoms with van der Waals surface area (Å²) < 4.78 is 0. The standard InChI is InChI=1S/C18H26N4O/c1-20-8-10-22(11-9-20)19-13-15-12-14-4-2-6-21-7-3-5-16(17(14)21)18(15)23/h12-13,23H,2-11H2,1H3/b19-13+. The number of phenolic OH excluding ortho intramolecular Hbond substituents is 1. The molecule has 1 N–H and O–H groups in total. The molecule has 0 atom stereocenters. The van der Waals surface area contributed by atoms with Gasteiger partial charge in [-0.1, -0.05) is 0 Å². The lowest BCUT2D eigenvalue weighted by molar-refractivity contribution is 0.159. The highest BCUT2D eigenvalue weighted by atomic mass is 16.3. The van der Waals surface area contributed by atoms with Gasteiger partial charge in [0.1, 0.15) is 5.75 Å². The molecule has 0 aliphatic carbocycles. The Hall–Kier alpha value is -1.75. The van der Waals surface area contributed by atoms with Crippen molar-refractivity contribution >= 4 is 11.9 Å². The van der Waals surface area contributed by atoms with Crippen LogP contribution < -0.4 is 4.90 Å². The number of piperazine rings is 1. The summed E-state index contributed by atoms with van der Waals surface area (Å²) in [7, 11) is 2.15. The fourth-order valence-electron chi connectivity index (χ4n) is 4.02. The van der Waals surface area contributed by atoms with Gasteiger partial charge in [0, 0.05) is 56.1 Å². The first-order chi connectivity index (χ1) is 11.2. The normalized spacial score (nSPS) is 21.8. The van der Waals surface area contributed by atoms with Crippen LogP contribution in [-0.4, -0.2) is 67.5 Å². The molecule has 0 amide bonds. The molecule has 1 saturated heterocycles. The first kappa shape index (κ1) is 14.8. The molecule has 124 valence electrons. The highest BCUT2D eigenvalue weighted by Gasteiger charge is 2.27. The third-order valence-electron chi connectivity index (χ3n) is 5.36. The summed E-state index contributed by atoms with van der Waals surface area (Å²) in [6.07, 6.45) is 6.33. The Bertz CT molecular complexity index is 618. The fraction of sp³-hybridized carbons (Fsp3) is 0.611. The molecule has 0 spiro atoms. The summed E-state index contributed by atoms with van der Waals surface area (Å²) in [5.74, 6) is 0.452. The van der Waals surface area contributed by atoms with Crippen molar-refractivity contribution in [2.75, 3.05) is 51.2 Å². The van der Waals surface area contributed by atoms with Crippen molar-refractivity contribution in [3.05, 3.63) is 22.8 Å². The third kappa shape index (κ3) is 2.78. The van der Waals surface area contributed by atoms with Crippen LogP contribution in [0.25, 0.3) is 0 Å². The fourth-order valence-corrected chi connectivity index (χ4v) is 4.02. The molecule has 1 fully saturated rings. The predicted octanol–water partition coefficient (Wildman–Crippen LogP) is 1.67. The Morgan fingerprint density at radius 3 is 2.57 bits per heavy atom. The highest BCUT2D eigenvalue weighted by Crippen LogP contribution is 2.41. The van der Waals surface area contributed by atoms with E-state index in [1.54, 1.807) is 0 Å². The van der Waals surface area contributed by atoms with Gasteiger partial charge in [-0.05, 0) is 44.4 Å². The number of likely N-dealkylation sites (N-methyl/N-ethyl adjacent to an activating group) is 1. The van der Waals surface area contributed by atoms with Crippen molar-refractivity contribution < 1.29 is 5.11 Å². The second-order valence-corrected chi connectivity index (χ2v) is 7.00. The van der Waals surface area contributed by atoms with Crippen LogP contribution in [0.5, 0.6) is 5.75 Å². The molecule has 1 aromatic carbocycles. The van der Waals surface area contributed by atoms with E-state index < -0.39 is 0 Å². The maximum Gasteiger partial charge on any atom is 0.129 e. The van der Waals surface area contributed by atoms with Gasteiger partial charge in [-0.15, -0.1) is 0 Å². The van der Waals surface area contributed by atoms with Crippen molar-refractivity contribution in [1.82, 2.24) is 9.91 Å². The lowest BCUT2D eigenvalue weighted by Crippen LogP contribution is -2.41. The topological polar surface area (TPSA) is 42.3 Å². The van der Waals surface area contributed by atoms with Crippen LogP contribution in [-0.2, 0) is 12.8 Å². The Morgan fingerprint density at radius 1 is 1.04 bits per heavy atom. The van der Waals surface area contributed by atoms with Gasteiger partial charge in [0.25, 0.3) is 0 Å². The lowest BCUT2D eigenvalue weighted by Gasteiger charge is -2.37. The number of hydrazone groups is 1. The Balaban J connectivity index is 1.62. The number of aryl methyl sites for hydroxylation is 1. The number of hydrogen-bond donors (Lipinski definition) is 1. The van der Waals surface area contributed by atoms with E-state index in [4.69, 9.17) is 0 Å². The monoisotopic (exact) mass is 314 g/mol. The van der Waals surface area contributed by atoms with Crippen molar-refractivity contribution in [1.29, 1.82) is 0 Å². The zero-order valence-corrected chi connectivity index (χ0v) is 14.0. The van der Waals surface area contributed by atoms with E-state index in [9.17, 15) is 5.11 Å². The van der Waals surface area contributed by atoms with Gasteiger partial charge in [-0.3, -0.25) is 5.01 Å². The largest absolute Gasteiger partial charge is 0.507 e. The quantitative estimate of drug-likeness (QED) is 0.843. The molecule has 3 aliphatic rings. The van der Waals surface area contributed by atoms with Crippen LogP contribution in [0.1, 0.15) is 29.5 Å². The van der Waals surface area contributed by atoms with E-state index in [-0.39, 0.29) is 0 Å². The van der Waals surface area contributed by atoms with Crippen molar-refractivity contribution in [2.24, 2.45) is 5.10 Å². The van der Waals surface area contributed by atoms with Crippen molar-refractivity contribution in [3.8, 4) is 5.75 Å². The molecular weight excluding hydrogens is 288 g/mol. The zero-order valence-electron chi connectivity index (χ0n) is 14.0. The Kier molecular flexibility index (Phi) is 3.89. The number of anilines is 1. The maximum absolute atomic E-state index is 10.7. The second-order valence-electron chi connectivity index (χ2n) is 7.00. The molecule has 4 rings (SSSR count). The van der Waals surface area contributed by atoms with Crippen molar-refractivity contribution in [2.45, 2.75) is 25.7 Å². The SMILES string of the molecule is CN1CCN(/N=C/c2cc3c4c(c2O)CCCN4CCC3)CC1. The molecule has 3 heterocycles. The van der Waals surface area contributed by atoms with Gasteiger partial charge in [0.15, 0.2) is 0 Å². The Labute approximate surface area is 138 Å². The molecule has 1 aromatic rings. The lowest BCUT2D eigenvalue weighted by atomic mass is 9.89. The van der Waals surface area contributed by atoms with Crippen LogP contribution in [0.3, 0.4) is 0 Å². The molecule has 0 bridgehead atoms. The smallest absolute Gasteiger partial charge is 0.129 e. The van der Waals surface area contributed by atoms with E-state index in [2.05, 4.69) is 33.0 Å². The van der Waals surface area contributed by atoms with E-state index in [1.807, 2.05) is 6.21 Å². The zero-order chi connectivity index (χ0) is 15.8. The summed E-state index contributed by atoms with van der Waals surface area (Å²) in [5, 5.41) is 17.4. The van der Waals surface area contributed by atoms with E-state index in [0.29, 0.717) is 5.75 Å². The minimum atomic E-state index is 0.452. The van der Waals surface area contributed by atoms with Gasteiger partial charge in [0.05, 0.1) is 6.21 Å².